The fourth-order valence-corrected chi connectivity index (χ4v) is 3.22. The van der Waals surface area contributed by atoms with Crippen molar-refractivity contribution in [3.8, 4) is 5.75 Å². The van der Waals surface area contributed by atoms with Crippen LogP contribution in [0.15, 0.2) is 46.9 Å². The van der Waals surface area contributed by atoms with Crippen LogP contribution in [0.25, 0.3) is 0 Å². The molecule has 0 radical (unpaired) electrons. The van der Waals surface area contributed by atoms with Crippen LogP contribution in [0.1, 0.15) is 24.5 Å². The zero-order valence-electron chi connectivity index (χ0n) is 12.2. The van der Waals surface area contributed by atoms with E-state index in [0.29, 0.717) is 0 Å². The Hall–Kier alpha value is -1.48. The normalized spacial score (nSPS) is 16.4. The van der Waals surface area contributed by atoms with E-state index in [-0.39, 0.29) is 6.10 Å². The van der Waals surface area contributed by atoms with E-state index in [1.54, 1.807) is 0 Å². The molecule has 2 aromatic carbocycles. The average molecular weight is 346 g/mol. The van der Waals surface area contributed by atoms with Gasteiger partial charge in [-0.05, 0) is 41.8 Å². The summed E-state index contributed by atoms with van der Waals surface area (Å²) >= 11 is 3.52. The van der Waals surface area contributed by atoms with Crippen LogP contribution < -0.4 is 10.1 Å². The number of fused-ring (bicyclic) bond motifs is 1. The number of rotatable bonds is 5. The van der Waals surface area contributed by atoms with Gasteiger partial charge in [-0.1, -0.05) is 47.5 Å². The fraction of sp³-hybridized carbons (Fsp3) is 0.333. The first-order valence-corrected chi connectivity index (χ1v) is 8.32. The first-order chi connectivity index (χ1) is 10.3. The molecule has 1 atom stereocenters. The monoisotopic (exact) mass is 345 g/mol. The SMILES string of the molecule is CCCc1ccccc1NCC1Cc2cc(Br)ccc2O1. The summed E-state index contributed by atoms with van der Waals surface area (Å²) in [6.07, 6.45) is 3.46. The van der Waals surface area contributed by atoms with Crippen molar-refractivity contribution in [3.63, 3.8) is 0 Å². The van der Waals surface area contributed by atoms with Crippen LogP contribution in [-0.2, 0) is 12.8 Å². The van der Waals surface area contributed by atoms with Gasteiger partial charge in [0.2, 0.25) is 0 Å². The molecule has 0 fully saturated rings. The maximum Gasteiger partial charge on any atom is 0.123 e. The first-order valence-electron chi connectivity index (χ1n) is 7.53. The van der Waals surface area contributed by atoms with E-state index in [4.69, 9.17) is 4.74 Å². The zero-order chi connectivity index (χ0) is 14.7. The second kappa shape index (κ2) is 6.52. The molecule has 2 nitrogen and oxygen atoms in total. The molecule has 1 unspecified atom stereocenters. The van der Waals surface area contributed by atoms with Gasteiger partial charge >= 0.3 is 0 Å². The smallest absolute Gasteiger partial charge is 0.123 e. The summed E-state index contributed by atoms with van der Waals surface area (Å²) in [6, 6.07) is 14.8. The predicted molar refractivity (Wildman–Crippen MR) is 91.2 cm³/mol. The minimum absolute atomic E-state index is 0.212. The maximum atomic E-state index is 6.00. The molecule has 3 heteroatoms. The number of hydrogen-bond donors (Lipinski definition) is 1. The molecular weight excluding hydrogens is 326 g/mol. The second-order valence-electron chi connectivity index (χ2n) is 5.48. The highest BCUT2D eigenvalue weighted by Gasteiger charge is 2.22. The Kier molecular flexibility index (Phi) is 4.49. The lowest BCUT2D eigenvalue weighted by molar-refractivity contribution is 0.246. The molecule has 1 heterocycles. The van der Waals surface area contributed by atoms with Crippen LogP contribution >= 0.6 is 15.9 Å². The van der Waals surface area contributed by atoms with Gasteiger partial charge in [0.15, 0.2) is 0 Å². The minimum Gasteiger partial charge on any atom is -0.488 e. The van der Waals surface area contributed by atoms with E-state index in [9.17, 15) is 0 Å². The van der Waals surface area contributed by atoms with Crippen molar-refractivity contribution in [2.45, 2.75) is 32.3 Å². The average Bonchev–Trinajstić information content (AvgIpc) is 2.88. The summed E-state index contributed by atoms with van der Waals surface area (Å²) in [5.74, 6) is 1.02. The van der Waals surface area contributed by atoms with Crippen molar-refractivity contribution in [2.75, 3.05) is 11.9 Å². The Morgan fingerprint density at radius 2 is 2.10 bits per heavy atom. The summed E-state index contributed by atoms with van der Waals surface area (Å²) in [5, 5.41) is 3.55. The van der Waals surface area contributed by atoms with E-state index < -0.39 is 0 Å². The number of para-hydroxylation sites is 1. The van der Waals surface area contributed by atoms with E-state index >= 15 is 0 Å². The van der Waals surface area contributed by atoms with Gasteiger partial charge in [-0.3, -0.25) is 0 Å². The molecule has 0 bridgehead atoms. The topological polar surface area (TPSA) is 21.3 Å². The van der Waals surface area contributed by atoms with E-state index in [1.165, 1.54) is 16.8 Å². The standard InChI is InChI=1S/C18H20BrNO/c1-2-5-13-6-3-4-7-17(13)20-12-16-11-14-10-15(19)8-9-18(14)21-16/h3-4,6-10,16,20H,2,5,11-12H2,1H3. The third-order valence-corrected chi connectivity index (χ3v) is 4.31. The number of anilines is 1. The van der Waals surface area contributed by atoms with Gasteiger partial charge in [-0.2, -0.15) is 0 Å². The third kappa shape index (κ3) is 3.41. The Morgan fingerprint density at radius 1 is 1.24 bits per heavy atom. The van der Waals surface area contributed by atoms with E-state index in [2.05, 4.69) is 58.5 Å². The Bertz CT molecular complexity index is 626. The summed E-state index contributed by atoms with van der Waals surface area (Å²) in [4.78, 5) is 0. The highest BCUT2D eigenvalue weighted by Crippen LogP contribution is 2.31. The molecule has 0 saturated carbocycles. The number of ether oxygens (including phenoxy) is 1. The lowest BCUT2D eigenvalue weighted by Gasteiger charge is -2.15. The number of aryl methyl sites for hydroxylation is 1. The second-order valence-corrected chi connectivity index (χ2v) is 6.40. The molecule has 1 aliphatic heterocycles. The van der Waals surface area contributed by atoms with Gasteiger partial charge < -0.3 is 10.1 Å². The van der Waals surface area contributed by atoms with Crippen molar-refractivity contribution < 1.29 is 4.74 Å². The molecule has 2 aromatic rings. The fourth-order valence-electron chi connectivity index (χ4n) is 2.81. The number of hydrogen-bond acceptors (Lipinski definition) is 2. The highest BCUT2D eigenvalue weighted by atomic mass is 79.9. The molecule has 1 aliphatic rings. The van der Waals surface area contributed by atoms with Gasteiger partial charge in [0.1, 0.15) is 11.9 Å². The van der Waals surface area contributed by atoms with Crippen molar-refractivity contribution in [1.29, 1.82) is 0 Å². The van der Waals surface area contributed by atoms with E-state index in [0.717, 1.165) is 36.0 Å². The maximum absolute atomic E-state index is 6.00. The summed E-state index contributed by atoms with van der Waals surface area (Å²) < 4.78 is 7.12. The van der Waals surface area contributed by atoms with E-state index in [1.807, 2.05) is 12.1 Å². The molecule has 0 spiro atoms. The summed E-state index contributed by atoms with van der Waals surface area (Å²) in [5.41, 5.74) is 3.91. The van der Waals surface area contributed by atoms with Crippen molar-refractivity contribution in [1.82, 2.24) is 0 Å². The van der Waals surface area contributed by atoms with Gasteiger partial charge in [0.25, 0.3) is 0 Å². The Labute approximate surface area is 134 Å². The molecule has 110 valence electrons. The van der Waals surface area contributed by atoms with Crippen molar-refractivity contribution >= 4 is 21.6 Å². The highest BCUT2D eigenvalue weighted by molar-refractivity contribution is 9.10. The summed E-state index contributed by atoms with van der Waals surface area (Å²) in [6.45, 7) is 3.05. The molecule has 21 heavy (non-hydrogen) atoms. The quantitative estimate of drug-likeness (QED) is 0.838. The van der Waals surface area contributed by atoms with Crippen LogP contribution in [0.5, 0.6) is 5.75 Å². The lowest BCUT2D eigenvalue weighted by Crippen LogP contribution is -2.24. The van der Waals surface area contributed by atoms with Gasteiger partial charge in [-0.25, -0.2) is 0 Å². The molecular formula is C18H20BrNO. The first kappa shape index (κ1) is 14.5. The zero-order valence-corrected chi connectivity index (χ0v) is 13.8. The molecule has 1 N–H and O–H groups in total. The van der Waals surface area contributed by atoms with Crippen LogP contribution in [0.3, 0.4) is 0 Å². The predicted octanol–water partition coefficient (Wildman–Crippen LogP) is 4.82. The largest absolute Gasteiger partial charge is 0.488 e. The Balaban J connectivity index is 1.62. The number of halogens is 1. The third-order valence-electron chi connectivity index (χ3n) is 3.82. The number of nitrogens with one attached hydrogen (secondary N) is 1. The van der Waals surface area contributed by atoms with Crippen molar-refractivity contribution in [3.05, 3.63) is 58.1 Å². The van der Waals surface area contributed by atoms with Gasteiger partial charge in [0.05, 0.1) is 6.54 Å². The van der Waals surface area contributed by atoms with Crippen LogP contribution in [0, 0.1) is 0 Å². The Morgan fingerprint density at radius 3 is 2.95 bits per heavy atom. The van der Waals surface area contributed by atoms with Crippen LogP contribution in [0.2, 0.25) is 0 Å². The lowest BCUT2D eigenvalue weighted by atomic mass is 10.1. The molecule has 0 saturated heterocycles. The van der Waals surface area contributed by atoms with Crippen LogP contribution in [-0.4, -0.2) is 12.6 Å². The summed E-state index contributed by atoms with van der Waals surface area (Å²) in [7, 11) is 0. The van der Waals surface area contributed by atoms with Gasteiger partial charge in [0, 0.05) is 16.6 Å². The molecule has 0 amide bonds. The molecule has 0 aliphatic carbocycles. The molecule has 0 aromatic heterocycles. The van der Waals surface area contributed by atoms with Gasteiger partial charge in [-0.15, -0.1) is 0 Å². The van der Waals surface area contributed by atoms with Crippen molar-refractivity contribution in [2.24, 2.45) is 0 Å². The van der Waals surface area contributed by atoms with Crippen LogP contribution in [0.4, 0.5) is 5.69 Å². The minimum atomic E-state index is 0.212. The molecule has 3 rings (SSSR count). The number of benzene rings is 2.